The van der Waals surface area contributed by atoms with E-state index in [4.69, 9.17) is 4.74 Å². The molecule has 6 nitrogen and oxygen atoms in total. The average Bonchev–Trinajstić information content (AvgIpc) is 2.75. The number of benzene rings is 2. The van der Waals surface area contributed by atoms with Crippen LogP contribution in [0.2, 0.25) is 0 Å². The first-order valence-electron chi connectivity index (χ1n) is 10.5. The van der Waals surface area contributed by atoms with Gasteiger partial charge in [0, 0.05) is 23.5 Å². The molecule has 1 unspecified atom stereocenters. The van der Waals surface area contributed by atoms with Crippen molar-refractivity contribution in [2.24, 2.45) is 5.92 Å². The molecule has 1 N–H and O–H groups in total. The Morgan fingerprint density at radius 1 is 1.19 bits per heavy atom. The van der Waals surface area contributed by atoms with Crippen LogP contribution in [0, 0.1) is 12.8 Å². The maximum Gasteiger partial charge on any atom is 0.243 e. The number of nitrogens with one attached hydrogen (secondary N) is 1. The van der Waals surface area contributed by atoms with E-state index in [1.165, 1.54) is 4.31 Å². The number of rotatable bonds is 7. The van der Waals surface area contributed by atoms with Gasteiger partial charge in [-0.2, -0.15) is 4.31 Å². The molecular weight excluding hydrogens is 480 g/mol. The fourth-order valence-corrected chi connectivity index (χ4v) is 5.59. The van der Waals surface area contributed by atoms with Crippen molar-refractivity contribution in [1.29, 1.82) is 0 Å². The summed E-state index contributed by atoms with van der Waals surface area (Å²) in [5.41, 5.74) is 1.82. The summed E-state index contributed by atoms with van der Waals surface area (Å²) in [6, 6.07) is 12.7. The lowest BCUT2D eigenvalue weighted by atomic mass is 9.96. The highest BCUT2D eigenvalue weighted by atomic mass is 79.9. The average molecular weight is 509 g/mol. The van der Waals surface area contributed by atoms with Crippen LogP contribution >= 0.6 is 15.9 Å². The van der Waals surface area contributed by atoms with Gasteiger partial charge in [0.05, 0.1) is 17.5 Å². The molecule has 1 aliphatic rings. The number of ether oxygens (including phenoxy) is 1. The molecule has 1 saturated heterocycles. The van der Waals surface area contributed by atoms with Crippen molar-refractivity contribution in [3.8, 4) is 5.75 Å². The summed E-state index contributed by atoms with van der Waals surface area (Å²) in [5, 5.41) is 3.06. The molecule has 1 heterocycles. The molecule has 0 aliphatic carbocycles. The van der Waals surface area contributed by atoms with Gasteiger partial charge >= 0.3 is 0 Å². The first-order chi connectivity index (χ1) is 14.7. The Balaban J connectivity index is 1.59. The molecule has 2 aromatic carbocycles. The maximum absolute atomic E-state index is 13.1. The van der Waals surface area contributed by atoms with Gasteiger partial charge in [0.15, 0.2) is 0 Å². The number of carbonyl (C=O) groups excluding carboxylic acids is 1. The van der Waals surface area contributed by atoms with Crippen molar-refractivity contribution in [1.82, 2.24) is 9.62 Å². The second kappa shape index (κ2) is 10.1. The second-order valence-electron chi connectivity index (χ2n) is 7.82. The van der Waals surface area contributed by atoms with Crippen LogP contribution in [0.5, 0.6) is 5.75 Å². The quantitative estimate of drug-likeness (QED) is 0.599. The number of sulfonamides is 1. The Labute approximate surface area is 193 Å². The van der Waals surface area contributed by atoms with Gasteiger partial charge in [-0.25, -0.2) is 8.42 Å². The highest BCUT2D eigenvalue weighted by Gasteiger charge is 2.32. The molecule has 0 radical (unpaired) electrons. The number of aryl methyl sites for hydroxylation is 1. The molecule has 1 amide bonds. The third-order valence-electron chi connectivity index (χ3n) is 5.64. The smallest absolute Gasteiger partial charge is 0.243 e. The molecule has 0 bridgehead atoms. The first kappa shape index (κ1) is 23.8. The lowest BCUT2D eigenvalue weighted by molar-refractivity contribution is -0.126. The van der Waals surface area contributed by atoms with E-state index in [9.17, 15) is 13.2 Å². The van der Waals surface area contributed by atoms with Gasteiger partial charge in [0.25, 0.3) is 0 Å². The van der Waals surface area contributed by atoms with Crippen LogP contribution in [0.25, 0.3) is 0 Å². The zero-order chi connectivity index (χ0) is 22.6. The number of hydrogen-bond acceptors (Lipinski definition) is 4. The van der Waals surface area contributed by atoms with Crippen LogP contribution in [0.1, 0.15) is 43.9 Å². The largest absolute Gasteiger partial charge is 0.494 e. The monoisotopic (exact) mass is 508 g/mol. The highest BCUT2D eigenvalue weighted by Crippen LogP contribution is 2.28. The Kier molecular flexibility index (Phi) is 7.78. The number of carbonyl (C=O) groups is 1. The molecule has 168 valence electrons. The standard InChI is InChI=1S/C23H29BrN2O4S/c1-4-30-22-10-9-21(15-16(22)2)31(28,29)26-13-11-19(12-14-26)23(27)25-17(3)18-5-7-20(24)8-6-18/h5-10,15,17,19H,4,11-14H2,1-3H3,(H,25,27). The SMILES string of the molecule is CCOc1ccc(S(=O)(=O)N2CCC(C(=O)NC(C)c3ccc(Br)cc3)CC2)cc1C. The van der Waals surface area contributed by atoms with E-state index in [2.05, 4.69) is 21.2 Å². The van der Waals surface area contributed by atoms with E-state index in [-0.39, 0.29) is 22.8 Å². The van der Waals surface area contributed by atoms with Gasteiger partial charge in [0.2, 0.25) is 15.9 Å². The number of amides is 1. The van der Waals surface area contributed by atoms with Gasteiger partial charge in [-0.05, 0) is 75.1 Å². The molecule has 8 heteroatoms. The van der Waals surface area contributed by atoms with E-state index in [0.29, 0.717) is 38.3 Å². The lowest BCUT2D eigenvalue weighted by Crippen LogP contribution is -2.43. The van der Waals surface area contributed by atoms with Gasteiger partial charge < -0.3 is 10.1 Å². The topological polar surface area (TPSA) is 75.7 Å². The summed E-state index contributed by atoms with van der Waals surface area (Å²) in [4.78, 5) is 13.0. The van der Waals surface area contributed by atoms with Crippen molar-refractivity contribution < 1.29 is 17.9 Å². The number of hydrogen-bond donors (Lipinski definition) is 1. The minimum Gasteiger partial charge on any atom is -0.494 e. The van der Waals surface area contributed by atoms with Crippen molar-refractivity contribution in [3.63, 3.8) is 0 Å². The minimum absolute atomic E-state index is 0.0237. The summed E-state index contributed by atoms with van der Waals surface area (Å²) in [5.74, 6) is 0.479. The Morgan fingerprint density at radius 3 is 2.42 bits per heavy atom. The lowest BCUT2D eigenvalue weighted by Gasteiger charge is -2.31. The fraction of sp³-hybridized carbons (Fsp3) is 0.435. The predicted molar refractivity (Wildman–Crippen MR) is 125 cm³/mol. The van der Waals surface area contributed by atoms with Crippen LogP contribution in [-0.4, -0.2) is 38.3 Å². The van der Waals surface area contributed by atoms with Crippen molar-refractivity contribution in [2.75, 3.05) is 19.7 Å². The van der Waals surface area contributed by atoms with E-state index >= 15 is 0 Å². The summed E-state index contributed by atoms with van der Waals surface area (Å²) < 4.78 is 34.1. The summed E-state index contributed by atoms with van der Waals surface area (Å²) in [6.45, 7) is 6.88. The number of piperidine rings is 1. The Morgan fingerprint density at radius 2 is 1.84 bits per heavy atom. The van der Waals surface area contributed by atoms with Crippen LogP contribution in [-0.2, 0) is 14.8 Å². The van der Waals surface area contributed by atoms with E-state index in [1.54, 1.807) is 18.2 Å². The van der Waals surface area contributed by atoms with E-state index < -0.39 is 10.0 Å². The van der Waals surface area contributed by atoms with Crippen molar-refractivity contribution in [3.05, 3.63) is 58.1 Å². The summed E-state index contributed by atoms with van der Waals surface area (Å²) >= 11 is 3.41. The molecule has 1 atom stereocenters. The zero-order valence-electron chi connectivity index (χ0n) is 18.1. The highest BCUT2D eigenvalue weighted by molar-refractivity contribution is 9.10. The molecular formula is C23H29BrN2O4S. The van der Waals surface area contributed by atoms with Gasteiger partial charge in [-0.3, -0.25) is 4.79 Å². The summed E-state index contributed by atoms with van der Waals surface area (Å²) in [7, 11) is -3.59. The molecule has 0 saturated carbocycles. The minimum atomic E-state index is -3.59. The van der Waals surface area contributed by atoms with E-state index in [0.717, 1.165) is 15.6 Å². The van der Waals surface area contributed by atoms with Crippen LogP contribution in [0.4, 0.5) is 0 Å². The molecule has 3 rings (SSSR count). The van der Waals surface area contributed by atoms with Crippen LogP contribution < -0.4 is 10.1 Å². The number of nitrogens with zero attached hydrogens (tertiary/aromatic N) is 1. The van der Waals surface area contributed by atoms with Crippen molar-refractivity contribution >= 4 is 31.9 Å². The number of halogens is 1. The van der Waals surface area contributed by atoms with Gasteiger partial charge in [0.1, 0.15) is 5.75 Å². The van der Waals surface area contributed by atoms with Gasteiger partial charge in [-0.1, -0.05) is 28.1 Å². The van der Waals surface area contributed by atoms with Crippen LogP contribution in [0.3, 0.4) is 0 Å². The molecule has 0 spiro atoms. The zero-order valence-corrected chi connectivity index (χ0v) is 20.5. The third kappa shape index (κ3) is 5.67. The predicted octanol–water partition coefficient (Wildman–Crippen LogP) is 4.43. The van der Waals surface area contributed by atoms with Crippen LogP contribution in [0.15, 0.2) is 51.8 Å². The molecule has 31 heavy (non-hydrogen) atoms. The third-order valence-corrected chi connectivity index (χ3v) is 8.06. The summed E-state index contributed by atoms with van der Waals surface area (Å²) in [6.07, 6.45) is 1.02. The molecule has 0 aromatic heterocycles. The van der Waals surface area contributed by atoms with Gasteiger partial charge in [-0.15, -0.1) is 0 Å². The molecule has 1 fully saturated rings. The molecule has 2 aromatic rings. The Hall–Kier alpha value is -1.90. The second-order valence-corrected chi connectivity index (χ2v) is 10.7. The fourth-order valence-electron chi connectivity index (χ4n) is 3.77. The molecule has 1 aliphatic heterocycles. The normalized spacial score (nSPS) is 16.6. The maximum atomic E-state index is 13.1. The van der Waals surface area contributed by atoms with E-state index in [1.807, 2.05) is 45.0 Å². The van der Waals surface area contributed by atoms with Crippen molar-refractivity contribution in [2.45, 2.75) is 44.6 Å². The Bertz CT molecular complexity index is 1020. The first-order valence-corrected chi connectivity index (χ1v) is 12.7.